The quantitative estimate of drug-likeness (QED) is 0.808. The average molecular weight is 263 g/mol. The number of aryl methyl sites for hydroxylation is 1. The Labute approximate surface area is 117 Å². The average Bonchev–Trinajstić information content (AvgIpc) is 3.08. The number of hydrogen-bond donors (Lipinski definition) is 1. The van der Waals surface area contributed by atoms with Crippen molar-refractivity contribution in [3.63, 3.8) is 0 Å². The van der Waals surface area contributed by atoms with Gasteiger partial charge in [0, 0.05) is 24.3 Å². The van der Waals surface area contributed by atoms with Gasteiger partial charge in [-0.3, -0.25) is 4.68 Å². The molecule has 0 aliphatic heterocycles. The fourth-order valence-electron chi connectivity index (χ4n) is 3.60. The monoisotopic (exact) mass is 263 g/mol. The number of nitrogens with zero attached hydrogens (tertiary/aromatic N) is 2. The summed E-state index contributed by atoms with van der Waals surface area (Å²) in [4.78, 5) is 0. The standard InChI is InChI=1S/C16H29N3/c1-4-11-17-15(14-12-18-19(6-3)13-14)16(5-2)9-7-8-10-16/h12-13,15,17H,4-11H2,1-3H3. The lowest BCUT2D eigenvalue weighted by molar-refractivity contribution is 0.187. The Morgan fingerprint density at radius 2 is 2.05 bits per heavy atom. The molecule has 1 fully saturated rings. The summed E-state index contributed by atoms with van der Waals surface area (Å²) in [6.45, 7) is 8.81. The lowest BCUT2D eigenvalue weighted by Crippen LogP contribution is -2.36. The van der Waals surface area contributed by atoms with Crippen LogP contribution in [0, 0.1) is 5.41 Å². The molecule has 1 aliphatic carbocycles. The number of rotatable bonds is 7. The first-order valence-corrected chi connectivity index (χ1v) is 8.01. The first-order chi connectivity index (χ1) is 9.25. The molecular weight excluding hydrogens is 234 g/mol. The maximum absolute atomic E-state index is 4.48. The summed E-state index contributed by atoms with van der Waals surface area (Å²) in [5.74, 6) is 0. The Bertz CT molecular complexity index is 377. The third-order valence-electron chi connectivity index (χ3n) is 4.82. The molecule has 1 unspecified atom stereocenters. The van der Waals surface area contributed by atoms with E-state index in [9.17, 15) is 0 Å². The molecule has 1 aromatic rings. The van der Waals surface area contributed by atoms with E-state index in [1.807, 2.05) is 4.68 Å². The van der Waals surface area contributed by atoms with E-state index in [0.717, 1.165) is 13.1 Å². The second-order valence-electron chi connectivity index (χ2n) is 5.94. The van der Waals surface area contributed by atoms with E-state index in [-0.39, 0.29) is 0 Å². The molecule has 3 heteroatoms. The lowest BCUT2D eigenvalue weighted by Gasteiger charge is -2.37. The zero-order valence-corrected chi connectivity index (χ0v) is 12.8. The van der Waals surface area contributed by atoms with Crippen molar-refractivity contribution >= 4 is 0 Å². The van der Waals surface area contributed by atoms with Gasteiger partial charge in [-0.2, -0.15) is 5.10 Å². The molecule has 1 heterocycles. The third-order valence-corrected chi connectivity index (χ3v) is 4.82. The van der Waals surface area contributed by atoms with Crippen LogP contribution in [0.1, 0.15) is 70.9 Å². The molecule has 1 atom stereocenters. The molecule has 0 amide bonds. The largest absolute Gasteiger partial charge is 0.309 e. The van der Waals surface area contributed by atoms with E-state index in [0.29, 0.717) is 11.5 Å². The van der Waals surface area contributed by atoms with Gasteiger partial charge in [-0.25, -0.2) is 0 Å². The van der Waals surface area contributed by atoms with Gasteiger partial charge in [-0.15, -0.1) is 0 Å². The maximum atomic E-state index is 4.48. The molecule has 0 spiro atoms. The van der Waals surface area contributed by atoms with Crippen LogP contribution in [0.15, 0.2) is 12.4 Å². The highest BCUT2D eigenvalue weighted by molar-refractivity contribution is 5.16. The van der Waals surface area contributed by atoms with Crippen LogP contribution >= 0.6 is 0 Å². The minimum absolute atomic E-state index is 0.455. The van der Waals surface area contributed by atoms with Gasteiger partial charge in [-0.1, -0.05) is 26.7 Å². The first kappa shape index (κ1) is 14.6. The summed E-state index contributed by atoms with van der Waals surface area (Å²) in [5, 5.41) is 8.28. The predicted octanol–water partition coefficient (Wildman–Crippen LogP) is 3.91. The van der Waals surface area contributed by atoms with Gasteiger partial charge in [0.1, 0.15) is 0 Å². The normalized spacial score (nSPS) is 19.7. The van der Waals surface area contributed by atoms with Gasteiger partial charge >= 0.3 is 0 Å². The minimum Gasteiger partial charge on any atom is -0.309 e. The molecule has 19 heavy (non-hydrogen) atoms. The predicted molar refractivity (Wildman–Crippen MR) is 80.1 cm³/mol. The number of hydrogen-bond acceptors (Lipinski definition) is 2. The molecule has 0 bridgehead atoms. The molecule has 108 valence electrons. The molecular formula is C16H29N3. The molecule has 1 saturated carbocycles. The van der Waals surface area contributed by atoms with Crippen molar-refractivity contribution in [1.29, 1.82) is 0 Å². The molecule has 0 saturated heterocycles. The van der Waals surface area contributed by atoms with E-state index in [1.165, 1.54) is 44.1 Å². The van der Waals surface area contributed by atoms with Gasteiger partial charge < -0.3 is 5.32 Å². The van der Waals surface area contributed by atoms with Crippen molar-refractivity contribution in [2.24, 2.45) is 5.41 Å². The maximum Gasteiger partial charge on any atom is 0.0537 e. The van der Waals surface area contributed by atoms with Gasteiger partial charge in [0.25, 0.3) is 0 Å². The van der Waals surface area contributed by atoms with Crippen LogP contribution in [0.3, 0.4) is 0 Å². The minimum atomic E-state index is 0.455. The summed E-state index contributed by atoms with van der Waals surface area (Å²) in [7, 11) is 0. The Morgan fingerprint density at radius 1 is 1.32 bits per heavy atom. The molecule has 1 aromatic heterocycles. The molecule has 2 rings (SSSR count). The van der Waals surface area contributed by atoms with Crippen molar-refractivity contribution in [3.8, 4) is 0 Å². The fourth-order valence-corrected chi connectivity index (χ4v) is 3.60. The summed E-state index contributed by atoms with van der Waals surface area (Å²) in [6.07, 6.45) is 12.3. The number of aromatic nitrogens is 2. The summed E-state index contributed by atoms with van der Waals surface area (Å²) >= 11 is 0. The fraction of sp³-hybridized carbons (Fsp3) is 0.812. The van der Waals surface area contributed by atoms with E-state index in [2.05, 4.69) is 43.6 Å². The van der Waals surface area contributed by atoms with Crippen molar-refractivity contribution in [2.45, 2.75) is 71.9 Å². The van der Waals surface area contributed by atoms with E-state index < -0.39 is 0 Å². The molecule has 0 radical (unpaired) electrons. The van der Waals surface area contributed by atoms with Crippen LogP contribution in [-0.2, 0) is 6.54 Å². The SMILES string of the molecule is CCCNC(c1cnn(CC)c1)C1(CC)CCCC1. The zero-order valence-electron chi connectivity index (χ0n) is 12.8. The molecule has 0 aromatic carbocycles. The van der Waals surface area contributed by atoms with Gasteiger partial charge in [0.05, 0.1) is 6.20 Å². The molecule has 3 nitrogen and oxygen atoms in total. The van der Waals surface area contributed by atoms with E-state index >= 15 is 0 Å². The Balaban J connectivity index is 2.23. The summed E-state index contributed by atoms with van der Waals surface area (Å²) in [6, 6.07) is 0.486. The zero-order chi connectivity index (χ0) is 13.7. The van der Waals surface area contributed by atoms with Crippen LogP contribution in [0.2, 0.25) is 0 Å². The Hall–Kier alpha value is -0.830. The van der Waals surface area contributed by atoms with Crippen LogP contribution < -0.4 is 5.32 Å². The van der Waals surface area contributed by atoms with E-state index in [4.69, 9.17) is 0 Å². The second kappa shape index (κ2) is 6.56. The van der Waals surface area contributed by atoms with Gasteiger partial charge in [-0.05, 0) is 44.6 Å². The Morgan fingerprint density at radius 3 is 2.58 bits per heavy atom. The van der Waals surface area contributed by atoms with Crippen LogP contribution in [-0.4, -0.2) is 16.3 Å². The highest BCUT2D eigenvalue weighted by atomic mass is 15.3. The smallest absolute Gasteiger partial charge is 0.0537 e. The van der Waals surface area contributed by atoms with Crippen molar-refractivity contribution in [3.05, 3.63) is 18.0 Å². The van der Waals surface area contributed by atoms with Gasteiger partial charge in [0.15, 0.2) is 0 Å². The van der Waals surface area contributed by atoms with Gasteiger partial charge in [0.2, 0.25) is 0 Å². The summed E-state index contributed by atoms with van der Waals surface area (Å²) < 4.78 is 2.05. The highest BCUT2D eigenvalue weighted by Gasteiger charge is 2.40. The van der Waals surface area contributed by atoms with Crippen molar-refractivity contribution < 1.29 is 0 Å². The van der Waals surface area contributed by atoms with Crippen molar-refractivity contribution in [2.75, 3.05) is 6.54 Å². The van der Waals surface area contributed by atoms with Crippen LogP contribution in [0.5, 0.6) is 0 Å². The molecule has 1 N–H and O–H groups in total. The van der Waals surface area contributed by atoms with Crippen LogP contribution in [0.25, 0.3) is 0 Å². The Kier molecular flexibility index (Phi) is 5.03. The van der Waals surface area contributed by atoms with Crippen LogP contribution in [0.4, 0.5) is 0 Å². The van der Waals surface area contributed by atoms with E-state index in [1.54, 1.807) is 0 Å². The first-order valence-electron chi connectivity index (χ1n) is 8.01. The van der Waals surface area contributed by atoms with Crippen molar-refractivity contribution in [1.82, 2.24) is 15.1 Å². The lowest BCUT2D eigenvalue weighted by atomic mass is 9.74. The number of nitrogens with one attached hydrogen (secondary N) is 1. The molecule has 1 aliphatic rings. The second-order valence-corrected chi connectivity index (χ2v) is 5.94. The highest BCUT2D eigenvalue weighted by Crippen LogP contribution is 2.49. The summed E-state index contributed by atoms with van der Waals surface area (Å²) in [5.41, 5.74) is 1.84. The topological polar surface area (TPSA) is 29.9 Å². The third kappa shape index (κ3) is 3.02.